The molecule has 0 saturated carbocycles. The number of hydrogen-bond acceptors (Lipinski definition) is 4. The quantitative estimate of drug-likeness (QED) is 0.249. The second-order valence-electron chi connectivity index (χ2n) is 6.99. The minimum absolute atomic E-state index is 0. The average molecular weight is 555 g/mol. The summed E-state index contributed by atoms with van der Waals surface area (Å²) < 4.78 is 7.89. The van der Waals surface area contributed by atoms with Crippen molar-refractivity contribution in [3.63, 3.8) is 0 Å². The van der Waals surface area contributed by atoms with E-state index in [2.05, 4.69) is 33.0 Å². The molecule has 0 saturated heterocycles. The third kappa shape index (κ3) is 8.02. The summed E-state index contributed by atoms with van der Waals surface area (Å²) in [6.07, 6.45) is -0.0630. The van der Waals surface area contributed by atoms with E-state index < -0.39 is 0 Å². The van der Waals surface area contributed by atoms with Gasteiger partial charge in [0.05, 0.1) is 19.6 Å². The number of aliphatic imine (C=N–C) groups is 1. The molecule has 2 N–H and O–H groups in total. The Hall–Kier alpha value is -2.33. The van der Waals surface area contributed by atoms with Crippen LogP contribution in [0.4, 0.5) is 0 Å². The van der Waals surface area contributed by atoms with Gasteiger partial charge in [0.2, 0.25) is 0 Å². The van der Waals surface area contributed by atoms with Crippen molar-refractivity contribution < 1.29 is 4.74 Å². The smallest absolute Gasteiger partial charge is 0.192 e. The van der Waals surface area contributed by atoms with Crippen molar-refractivity contribution in [2.45, 2.75) is 33.0 Å². The lowest BCUT2D eigenvalue weighted by Gasteiger charge is -2.18. The molecule has 3 rings (SSSR count). The minimum Gasteiger partial charge on any atom is -0.489 e. The molecule has 0 aliphatic carbocycles. The van der Waals surface area contributed by atoms with Gasteiger partial charge in [0.1, 0.15) is 17.7 Å². The number of benzene rings is 2. The number of nitrogens with zero attached hydrogens (tertiary/aromatic N) is 4. The molecular formula is C22H28ClIN6O. The fourth-order valence-corrected chi connectivity index (χ4v) is 2.85. The van der Waals surface area contributed by atoms with Crippen molar-refractivity contribution in [2.24, 2.45) is 12.0 Å². The third-order valence-corrected chi connectivity index (χ3v) is 4.82. The summed E-state index contributed by atoms with van der Waals surface area (Å²) in [7, 11) is 1.95. The highest BCUT2D eigenvalue weighted by Crippen LogP contribution is 2.16. The van der Waals surface area contributed by atoms with Crippen molar-refractivity contribution >= 4 is 41.5 Å². The molecule has 7 nitrogen and oxygen atoms in total. The van der Waals surface area contributed by atoms with Crippen LogP contribution in [0.5, 0.6) is 5.75 Å². The Labute approximate surface area is 205 Å². The molecule has 0 spiro atoms. The van der Waals surface area contributed by atoms with Crippen LogP contribution in [-0.2, 0) is 20.1 Å². The minimum atomic E-state index is -0.0630. The van der Waals surface area contributed by atoms with Gasteiger partial charge in [0.25, 0.3) is 0 Å². The first-order chi connectivity index (χ1) is 14.5. The van der Waals surface area contributed by atoms with Gasteiger partial charge in [-0.15, -0.1) is 34.2 Å². The first-order valence-corrected chi connectivity index (χ1v) is 10.2. The highest BCUT2D eigenvalue weighted by atomic mass is 127. The van der Waals surface area contributed by atoms with Crippen LogP contribution < -0.4 is 15.4 Å². The number of guanidine groups is 1. The lowest BCUT2D eigenvalue weighted by Crippen LogP contribution is -2.42. The number of ether oxygens (including phenoxy) is 1. The van der Waals surface area contributed by atoms with E-state index >= 15 is 0 Å². The molecule has 166 valence electrons. The van der Waals surface area contributed by atoms with E-state index in [0.717, 1.165) is 23.0 Å². The number of hydrogen-bond donors (Lipinski definition) is 2. The third-order valence-electron chi connectivity index (χ3n) is 4.57. The van der Waals surface area contributed by atoms with Gasteiger partial charge in [0, 0.05) is 12.1 Å². The van der Waals surface area contributed by atoms with Crippen LogP contribution in [0.3, 0.4) is 0 Å². The van der Waals surface area contributed by atoms with Crippen LogP contribution in [0.15, 0.2) is 59.6 Å². The predicted octanol–water partition coefficient (Wildman–Crippen LogP) is 4.10. The molecule has 2 aromatic carbocycles. The van der Waals surface area contributed by atoms with Crippen molar-refractivity contribution in [1.82, 2.24) is 25.4 Å². The summed E-state index contributed by atoms with van der Waals surface area (Å²) in [5.41, 5.74) is 1.14. The first kappa shape index (κ1) is 24.9. The van der Waals surface area contributed by atoms with Gasteiger partial charge < -0.3 is 19.9 Å². The summed E-state index contributed by atoms with van der Waals surface area (Å²) in [5, 5.41) is 15.7. The second-order valence-corrected chi connectivity index (χ2v) is 7.43. The van der Waals surface area contributed by atoms with Gasteiger partial charge in [-0.2, -0.15) is 0 Å². The maximum atomic E-state index is 5.94. The number of aryl methyl sites for hydroxylation is 1. The van der Waals surface area contributed by atoms with Crippen LogP contribution in [-0.4, -0.2) is 33.4 Å². The molecule has 1 aromatic heterocycles. The monoisotopic (exact) mass is 554 g/mol. The standard InChI is InChI=1S/C22H27ClN6O.HI/c1-16(30-20-11-9-19(23)10-12-20)13-24-22(25-14-18-7-5-4-6-8-18)26-15-21-28-27-17(2)29(21)3;/h4-12,16H,13-15H2,1-3H3,(H2,24,25,26);1H. The SMILES string of the molecule is Cc1nnc(CNC(=NCc2ccccc2)NCC(C)Oc2ccc(Cl)cc2)n1C.I. The highest BCUT2D eigenvalue weighted by molar-refractivity contribution is 14.0. The zero-order valence-electron chi connectivity index (χ0n) is 17.9. The first-order valence-electron chi connectivity index (χ1n) is 9.84. The van der Waals surface area contributed by atoms with Crippen LogP contribution >= 0.6 is 35.6 Å². The predicted molar refractivity (Wildman–Crippen MR) is 135 cm³/mol. The molecule has 0 fully saturated rings. The Kier molecular flexibility index (Phi) is 10.1. The van der Waals surface area contributed by atoms with Gasteiger partial charge in [-0.25, -0.2) is 4.99 Å². The van der Waals surface area contributed by atoms with Crippen LogP contribution in [0.1, 0.15) is 24.1 Å². The molecule has 31 heavy (non-hydrogen) atoms. The molecule has 0 radical (unpaired) electrons. The van der Waals surface area contributed by atoms with E-state index in [0.29, 0.717) is 30.6 Å². The van der Waals surface area contributed by atoms with Gasteiger partial charge in [-0.3, -0.25) is 0 Å². The van der Waals surface area contributed by atoms with Crippen molar-refractivity contribution in [2.75, 3.05) is 6.54 Å². The van der Waals surface area contributed by atoms with Gasteiger partial charge in [-0.05, 0) is 43.7 Å². The average Bonchev–Trinajstić information content (AvgIpc) is 3.07. The van der Waals surface area contributed by atoms with Crippen molar-refractivity contribution in [3.05, 3.63) is 76.8 Å². The fourth-order valence-electron chi connectivity index (χ4n) is 2.72. The normalized spacial score (nSPS) is 12.1. The number of halogens is 2. The molecule has 1 unspecified atom stereocenters. The Morgan fingerprint density at radius 1 is 1.10 bits per heavy atom. The molecule has 0 aliphatic heterocycles. The van der Waals surface area contributed by atoms with E-state index in [4.69, 9.17) is 21.3 Å². The Morgan fingerprint density at radius 2 is 1.81 bits per heavy atom. The van der Waals surface area contributed by atoms with E-state index in [1.54, 1.807) is 0 Å². The van der Waals surface area contributed by atoms with Crippen molar-refractivity contribution in [1.29, 1.82) is 0 Å². The lowest BCUT2D eigenvalue weighted by molar-refractivity contribution is 0.224. The van der Waals surface area contributed by atoms with Crippen LogP contribution in [0, 0.1) is 6.92 Å². The Balaban J connectivity index is 0.00000341. The molecular weight excluding hydrogens is 527 g/mol. The molecule has 0 aliphatic rings. The summed E-state index contributed by atoms with van der Waals surface area (Å²) in [6, 6.07) is 17.5. The number of aromatic nitrogens is 3. The molecule has 0 bridgehead atoms. The second kappa shape index (κ2) is 12.5. The molecule has 9 heteroatoms. The Bertz CT molecular complexity index is 962. The number of rotatable bonds is 8. The summed E-state index contributed by atoms with van der Waals surface area (Å²) in [5.74, 6) is 3.17. The van der Waals surface area contributed by atoms with E-state index in [1.807, 2.05) is 67.9 Å². The number of nitrogens with one attached hydrogen (secondary N) is 2. The van der Waals surface area contributed by atoms with E-state index in [-0.39, 0.29) is 30.1 Å². The zero-order chi connectivity index (χ0) is 21.3. The maximum absolute atomic E-state index is 5.94. The Morgan fingerprint density at radius 3 is 2.45 bits per heavy atom. The topological polar surface area (TPSA) is 76.4 Å². The zero-order valence-corrected chi connectivity index (χ0v) is 21.0. The van der Waals surface area contributed by atoms with Crippen LogP contribution in [0.25, 0.3) is 0 Å². The molecule has 0 amide bonds. The summed E-state index contributed by atoms with van der Waals surface area (Å²) in [6.45, 7) is 5.60. The van der Waals surface area contributed by atoms with Gasteiger partial charge in [-0.1, -0.05) is 41.9 Å². The van der Waals surface area contributed by atoms with Crippen LogP contribution in [0.2, 0.25) is 5.02 Å². The molecule has 1 atom stereocenters. The van der Waals surface area contributed by atoms with Gasteiger partial charge in [0.15, 0.2) is 11.8 Å². The maximum Gasteiger partial charge on any atom is 0.192 e. The summed E-state index contributed by atoms with van der Waals surface area (Å²) in [4.78, 5) is 4.70. The molecule has 1 heterocycles. The van der Waals surface area contributed by atoms with Gasteiger partial charge >= 0.3 is 0 Å². The van der Waals surface area contributed by atoms with Crippen molar-refractivity contribution in [3.8, 4) is 5.75 Å². The molecule has 3 aromatic rings. The highest BCUT2D eigenvalue weighted by Gasteiger charge is 2.09. The van der Waals surface area contributed by atoms with E-state index in [9.17, 15) is 0 Å². The largest absolute Gasteiger partial charge is 0.489 e. The lowest BCUT2D eigenvalue weighted by atomic mass is 10.2. The summed E-state index contributed by atoms with van der Waals surface area (Å²) >= 11 is 5.93. The van der Waals surface area contributed by atoms with E-state index in [1.165, 1.54) is 0 Å². The fraction of sp³-hybridized carbons (Fsp3) is 0.318.